The van der Waals surface area contributed by atoms with E-state index < -0.39 is 15.9 Å². The van der Waals surface area contributed by atoms with Gasteiger partial charge < -0.3 is 9.64 Å². The first-order valence-electron chi connectivity index (χ1n) is 11.0. The van der Waals surface area contributed by atoms with Gasteiger partial charge in [-0.05, 0) is 60.7 Å². The summed E-state index contributed by atoms with van der Waals surface area (Å²) in [5.74, 6) is 0.596. The van der Waals surface area contributed by atoms with Crippen molar-refractivity contribution < 1.29 is 17.9 Å². The summed E-state index contributed by atoms with van der Waals surface area (Å²) in [6.07, 6.45) is -0.275. The van der Waals surface area contributed by atoms with Crippen LogP contribution in [0.3, 0.4) is 0 Å². The Morgan fingerprint density at radius 2 is 1.78 bits per heavy atom. The van der Waals surface area contributed by atoms with Gasteiger partial charge in [0.05, 0.1) is 11.5 Å². The molecule has 3 aromatic rings. The van der Waals surface area contributed by atoms with Crippen molar-refractivity contribution in [1.29, 1.82) is 0 Å². The third kappa shape index (κ3) is 4.65. The summed E-state index contributed by atoms with van der Waals surface area (Å²) in [6.45, 7) is 6.06. The van der Waals surface area contributed by atoms with Gasteiger partial charge in [0.15, 0.2) is 15.9 Å². The van der Waals surface area contributed by atoms with Gasteiger partial charge >= 0.3 is 0 Å². The SMILES string of the molecule is Cc1cccc(O[C@@H](C)C(=O)N(Cc2cccc3ccccc23)[C@H]2CCS(=O)(=O)C2)c1C. The second kappa shape index (κ2) is 8.94. The van der Waals surface area contributed by atoms with Crippen molar-refractivity contribution in [2.75, 3.05) is 11.5 Å². The molecule has 0 aromatic heterocycles. The molecule has 3 aromatic carbocycles. The minimum absolute atomic E-state index is 0.000299. The van der Waals surface area contributed by atoms with Gasteiger partial charge in [-0.3, -0.25) is 4.79 Å². The molecule has 32 heavy (non-hydrogen) atoms. The molecule has 0 spiro atoms. The molecule has 1 saturated heterocycles. The van der Waals surface area contributed by atoms with Gasteiger partial charge in [0, 0.05) is 12.6 Å². The van der Waals surface area contributed by atoms with E-state index in [2.05, 4.69) is 0 Å². The van der Waals surface area contributed by atoms with Crippen molar-refractivity contribution in [1.82, 2.24) is 4.90 Å². The normalized spacial score (nSPS) is 18.4. The van der Waals surface area contributed by atoms with Gasteiger partial charge in [-0.15, -0.1) is 0 Å². The van der Waals surface area contributed by atoms with E-state index in [-0.39, 0.29) is 23.5 Å². The van der Waals surface area contributed by atoms with Crippen molar-refractivity contribution in [2.24, 2.45) is 0 Å². The number of hydrogen-bond acceptors (Lipinski definition) is 4. The maximum atomic E-state index is 13.6. The number of sulfone groups is 1. The van der Waals surface area contributed by atoms with E-state index in [9.17, 15) is 13.2 Å². The van der Waals surface area contributed by atoms with Crippen LogP contribution < -0.4 is 4.74 Å². The lowest BCUT2D eigenvalue weighted by molar-refractivity contribution is -0.140. The average molecular weight is 452 g/mol. The number of rotatable bonds is 6. The van der Waals surface area contributed by atoms with Gasteiger partial charge in [0.25, 0.3) is 5.91 Å². The van der Waals surface area contributed by atoms with E-state index in [4.69, 9.17) is 4.74 Å². The van der Waals surface area contributed by atoms with Gasteiger partial charge in [0.1, 0.15) is 5.75 Å². The first-order valence-corrected chi connectivity index (χ1v) is 12.8. The summed E-state index contributed by atoms with van der Waals surface area (Å²) in [4.78, 5) is 15.3. The number of carbonyl (C=O) groups excluding carboxylic acids is 1. The topological polar surface area (TPSA) is 63.7 Å². The Morgan fingerprint density at radius 3 is 2.53 bits per heavy atom. The highest BCUT2D eigenvalue weighted by Gasteiger charge is 2.37. The van der Waals surface area contributed by atoms with E-state index in [0.717, 1.165) is 27.5 Å². The number of benzene rings is 3. The first-order chi connectivity index (χ1) is 15.2. The zero-order chi connectivity index (χ0) is 22.9. The van der Waals surface area contributed by atoms with Crippen molar-refractivity contribution in [3.8, 4) is 5.75 Å². The Hall–Kier alpha value is -2.86. The molecule has 0 N–H and O–H groups in total. The molecule has 4 rings (SSSR count). The number of ether oxygens (including phenoxy) is 1. The molecular weight excluding hydrogens is 422 g/mol. The lowest BCUT2D eigenvalue weighted by Crippen LogP contribution is -2.46. The molecule has 1 aliphatic rings. The monoisotopic (exact) mass is 451 g/mol. The highest BCUT2D eigenvalue weighted by molar-refractivity contribution is 7.91. The van der Waals surface area contributed by atoms with Crippen molar-refractivity contribution in [3.05, 3.63) is 77.4 Å². The number of fused-ring (bicyclic) bond motifs is 1. The molecule has 1 amide bonds. The lowest BCUT2D eigenvalue weighted by atomic mass is 10.0. The summed E-state index contributed by atoms with van der Waals surface area (Å²) in [7, 11) is -3.14. The average Bonchev–Trinajstić information content (AvgIpc) is 3.14. The van der Waals surface area contributed by atoms with E-state index in [1.54, 1.807) is 11.8 Å². The summed E-state index contributed by atoms with van der Waals surface area (Å²) < 4.78 is 30.5. The molecule has 2 atom stereocenters. The van der Waals surface area contributed by atoms with Gasteiger partial charge in [-0.1, -0.05) is 54.6 Å². The zero-order valence-electron chi connectivity index (χ0n) is 18.7. The number of amides is 1. The fourth-order valence-corrected chi connectivity index (χ4v) is 6.08. The molecule has 168 valence electrons. The van der Waals surface area contributed by atoms with Crippen LogP contribution in [-0.2, 0) is 21.2 Å². The predicted octanol–water partition coefficient (Wildman–Crippen LogP) is 4.44. The number of nitrogens with zero attached hydrogens (tertiary/aromatic N) is 1. The minimum Gasteiger partial charge on any atom is -0.481 e. The second-order valence-electron chi connectivity index (χ2n) is 8.62. The fourth-order valence-electron chi connectivity index (χ4n) is 4.35. The van der Waals surface area contributed by atoms with Crippen LogP contribution in [0.4, 0.5) is 0 Å². The zero-order valence-corrected chi connectivity index (χ0v) is 19.6. The summed E-state index contributed by atoms with van der Waals surface area (Å²) in [5.41, 5.74) is 3.09. The Morgan fingerprint density at radius 1 is 1.06 bits per heavy atom. The Bertz CT molecular complexity index is 1250. The smallest absolute Gasteiger partial charge is 0.263 e. The first kappa shape index (κ1) is 22.3. The third-order valence-corrected chi connectivity index (χ3v) is 8.11. The molecule has 5 nitrogen and oxygen atoms in total. The van der Waals surface area contributed by atoms with Gasteiger partial charge in [-0.25, -0.2) is 8.42 Å². The van der Waals surface area contributed by atoms with Crippen LogP contribution in [0.15, 0.2) is 60.7 Å². The summed E-state index contributed by atoms with van der Waals surface area (Å²) in [5, 5.41) is 2.16. The summed E-state index contributed by atoms with van der Waals surface area (Å²) >= 11 is 0. The van der Waals surface area contributed by atoms with E-state index in [1.165, 1.54) is 0 Å². The second-order valence-corrected chi connectivity index (χ2v) is 10.8. The van der Waals surface area contributed by atoms with Crippen LogP contribution in [0.1, 0.15) is 30.0 Å². The molecule has 0 bridgehead atoms. The lowest BCUT2D eigenvalue weighted by Gasteiger charge is -2.31. The van der Waals surface area contributed by atoms with Crippen LogP contribution in [0.5, 0.6) is 5.75 Å². The number of carbonyl (C=O) groups is 1. The van der Waals surface area contributed by atoms with Crippen LogP contribution in [-0.4, -0.2) is 42.9 Å². The highest BCUT2D eigenvalue weighted by atomic mass is 32.2. The van der Waals surface area contributed by atoms with E-state index in [1.807, 2.05) is 74.5 Å². The predicted molar refractivity (Wildman–Crippen MR) is 128 cm³/mol. The fraction of sp³-hybridized carbons (Fsp3) is 0.346. The Labute approximate surface area is 189 Å². The standard InChI is InChI=1S/C26H29NO4S/c1-18-8-6-13-25(19(18)2)31-20(3)26(28)27(23-14-15-32(29,30)17-23)16-22-11-7-10-21-9-4-5-12-24(21)22/h4-13,20,23H,14-17H2,1-3H3/t20-,23-/m0/s1. The maximum absolute atomic E-state index is 13.6. The van der Waals surface area contributed by atoms with E-state index >= 15 is 0 Å². The van der Waals surface area contributed by atoms with Gasteiger partial charge in [0.2, 0.25) is 0 Å². The van der Waals surface area contributed by atoms with Crippen molar-refractivity contribution in [2.45, 2.75) is 45.9 Å². The van der Waals surface area contributed by atoms with Crippen LogP contribution >= 0.6 is 0 Å². The molecule has 1 fully saturated rings. The van der Waals surface area contributed by atoms with Crippen LogP contribution in [0, 0.1) is 13.8 Å². The highest BCUT2D eigenvalue weighted by Crippen LogP contribution is 2.27. The molecule has 6 heteroatoms. The Balaban J connectivity index is 1.64. The Kier molecular flexibility index (Phi) is 6.24. The number of aryl methyl sites for hydroxylation is 1. The van der Waals surface area contributed by atoms with E-state index in [0.29, 0.717) is 18.7 Å². The molecule has 1 aliphatic heterocycles. The molecule has 0 saturated carbocycles. The van der Waals surface area contributed by atoms with Crippen molar-refractivity contribution >= 4 is 26.5 Å². The van der Waals surface area contributed by atoms with Crippen molar-refractivity contribution in [3.63, 3.8) is 0 Å². The molecule has 0 aliphatic carbocycles. The maximum Gasteiger partial charge on any atom is 0.263 e. The van der Waals surface area contributed by atoms with Gasteiger partial charge in [-0.2, -0.15) is 0 Å². The summed E-state index contributed by atoms with van der Waals surface area (Å²) in [6, 6.07) is 19.5. The number of hydrogen-bond donors (Lipinski definition) is 0. The minimum atomic E-state index is -3.14. The largest absolute Gasteiger partial charge is 0.481 e. The molecular formula is C26H29NO4S. The van der Waals surface area contributed by atoms with Crippen LogP contribution in [0.25, 0.3) is 10.8 Å². The molecule has 1 heterocycles. The van der Waals surface area contributed by atoms with Crippen LogP contribution in [0.2, 0.25) is 0 Å². The molecule has 0 radical (unpaired) electrons. The molecule has 0 unspecified atom stereocenters. The quantitative estimate of drug-likeness (QED) is 0.556. The third-order valence-electron chi connectivity index (χ3n) is 6.36.